The third-order valence-corrected chi connectivity index (χ3v) is 7.45. The summed E-state index contributed by atoms with van der Waals surface area (Å²) in [6.07, 6.45) is 18.9. The zero-order valence-corrected chi connectivity index (χ0v) is 20.3. The van der Waals surface area contributed by atoms with E-state index in [1.54, 1.807) is 11.1 Å². The standard InChI is InChI=1S/C28H45N3/c1-21-16-22(2)20-31(19-21)24(4)12-14-30-15-13-28(29)26-11-7-8-23(3)27(18-26)17-25-9-5-6-10-25/h13,15,18,21-22,25H,4-12,14,16-17,19-20,29H2,1-3H3. The van der Waals surface area contributed by atoms with Crippen LogP contribution in [-0.2, 0) is 0 Å². The lowest BCUT2D eigenvalue weighted by atomic mass is 9.91. The summed E-state index contributed by atoms with van der Waals surface area (Å²) in [6, 6.07) is 0. The maximum absolute atomic E-state index is 6.48. The van der Waals surface area contributed by atoms with Crippen LogP contribution in [0.25, 0.3) is 0 Å². The molecule has 2 aliphatic carbocycles. The molecule has 0 bridgehead atoms. The van der Waals surface area contributed by atoms with Gasteiger partial charge in [0.1, 0.15) is 0 Å². The fourth-order valence-electron chi connectivity index (χ4n) is 5.68. The molecule has 0 radical (unpaired) electrons. The van der Waals surface area contributed by atoms with Gasteiger partial charge in [-0.1, -0.05) is 57.8 Å². The fraction of sp³-hybridized carbons (Fsp3) is 0.679. The number of nitrogens with zero attached hydrogens (tertiary/aromatic N) is 2. The first-order valence-electron chi connectivity index (χ1n) is 12.7. The molecule has 1 heterocycles. The summed E-state index contributed by atoms with van der Waals surface area (Å²) in [6.45, 7) is 14.4. The van der Waals surface area contributed by atoms with Crippen molar-refractivity contribution >= 4 is 6.21 Å². The van der Waals surface area contributed by atoms with Gasteiger partial charge in [-0.2, -0.15) is 0 Å². The van der Waals surface area contributed by atoms with E-state index in [9.17, 15) is 0 Å². The zero-order valence-electron chi connectivity index (χ0n) is 20.3. The molecule has 31 heavy (non-hydrogen) atoms. The van der Waals surface area contributed by atoms with E-state index in [4.69, 9.17) is 5.73 Å². The molecular weight excluding hydrogens is 378 g/mol. The Morgan fingerprint density at radius 1 is 1.16 bits per heavy atom. The van der Waals surface area contributed by atoms with E-state index in [1.807, 2.05) is 12.3 Å². The van der Waals surface area contributed by atoms with Crippen molar-refractivity contribution in [1.29, 1.82) is 0 Å². The Balaban J connectivity index is 1.51. The highest BCUT2D eigenvalue weighted by molar-refractivity contribution is 5.73. The van der Waals surface area contributed by atoms with Crippen molar-refractivity contribution in [2.75, 3.05) is 19.6 Å². The van der Waals surface area contributed by atoms with Gasteiger partial charge in [-0.15, -0.1) is 0 Å². The fourth-order valence-corrected chi connectivity index (χ4v) is 5.68. The van der Waals surface area contributed by atoms with Gasteiger partial charge in [-0.05, 0) is 74.0 Å². The van der Waals surface area contributed by atoms with Gasteiger partial charge >= 0.3 is 0 Å². The van der Waals surface area contributed by atoms with Crippen molar-refractivity contribution in [3.8, 4) is 0 Å². The van der Waals surface area contributed by atoms with E-state index in [-0.39, 0.29) is 0 Å². The molecule has 0 aromatic carbocycles. The average molecular weight is 424 g/mol. The highest BCUT2D eigenvalue weighted by Crippen LogP contribution is 2.35. The number of hydrogen-bond acceptors (Lipinski definition) is 3. The predicted octanol–water partition coefficient (Wildman–Crippen LogP) is 6.79. The summed E-state index contributed by atoms with van der Waals surface area (Å²) in [5, 5.41) is 0. The maximum atomic E-state index is 6.48. The van der Waals surface area contributed by atoms with E-state index < -0.39 is 0 Å². The topological polar surface area (TPSA) is 41.6 Å². The quantitative estimate of drug-likeness (QED) is 0.437. The Morgan fingerprint density at radius 3 is 2.58 bits per heavy atom. The smallest absolute Gasteiger partial charge is 0.0443 e. The zero-order chi connectivity index (χ0) is 22.2. The van der Waals surface area contributed by atoms with Gasteiger partial charge in [0.05, 0.1) is 0 Å². The molecule has 2 fully saturated rings. The maximum Gasteiger partial charge on any atom is 0.0443 e. The normalized spacial score (nSPS) is 26.5. The minimum absolute atomic E-state index is 0.760. The highest BCUT2D eigenvalue weighted by Gasteiger charge is 2.22. The number of aliphatic imine (C=N–C) groups is 1. The molecule has 0 amide bonds. The van der Waals surface area contributed by atoms with Gasteiger partial charge in [0.25, 0.3) is 0 Å². The SMILES string of the molecule is C=C(CCN=CC=C(N)C1=CC(CC2CCCC2)=C(C)CCC1)N1CC(C)CC(C)C1. The Labute approximate surface area is 191 Å². The molecule has 3 nitrogen and oxygen atoms in total. The summed E-state index contributed by atoms with van der Waals surface area (Å²) >= 11 is 0. The Morgan fingerprint density at radius 2 is 1.87 bits per heavy atom. The first-order valence-corrected chi connectivity index (χ1v) is 12.7. The second-order valence-electron chi connectivity index (χ2n) is 10.5. The Bertz CT molecular complexity index is 723. The number of likely N-dealkylation sites (tertiary alicyclic amines) is 1. The summed E-state index contributed by atoms with van der Waals surface area (Å²) in [4.78, 5) is 7.08. The van der Waals surface area contributed by atoms with Crippen LogP contribution in [0.4, 0.5) is 0 Å². The molecule has 1 aliphatic heterocycles. The molecule has 2 atom stereocenters. The molecular formula is C28H45N3. The molecule has 3 heteroatoms. The monoisotopic (exact) mass is 423 g/mol. The van der Waals surface area contributed by atoms with Gasteiger partial charge in [0.15, 0.2) is 0 Å². The van der Waals surface area contributed by atoms with E-state index in [0.717, 1.165) is 55.9 Å². The largest absolute Gasteiger partial charge is 0.398 e. The van der Waals surface area contributed by atoms with Gasteiger partial charge < -0.3 is 10.6 Å². The molecule has 172 valence electrons. The van der Waals surface area contributed by atoms with Crippen molar-refractivity contribution in [1.82, 2.24) is 4.90 Å². The average Bonchev–Trinajstić information content (AvgIpc) is 3.16. The molecule has 1 saturated heterocycles. The predicted molar refractivity (Wildman–Crippen MR) is 135 cm³/mol. The molecule has 1 saturated carbocycles. The second kappa shape index (κ2) is 11.7. The van der Waals surface area contributed by atoms with Crippen molar-refractivity contribution in [2.24, 2.45) is 28.5 Å². The molecule has 0 aromatic heterocycles. The van der Waals surface area contributed by atoms with Crippen molar-refractivity contribution in [3.63, 3.8) is 0 Å². The van der Waals surface area contributed by atoms with Gasteiger partial charge in [-0.25, -0.2) is 0 Å². The van der Waals surface area contributed by atoms with Crippen molar-refractivity contribution < 1.29 is 0 Å². The molecule has 2 N–H and O–H groups in total. The van der Waals surface area contributed by atoms with E-state index in [2.05, 4.69) is 43.3 Å². The van der Waals surface area contributed by atoms with Crippen molar-refractivity contribution in [2.45, 2.75) is 85.0 Å². The third-order valence-electron chi connectivity index (χ3n) is 7.45. The van der Waals surface area contributed by atoms with Crippen LogP contribution < -0.4 is 5.73 Å². The Kier molecular flexibility index (Phi) is 9.04. The van der Waals surface area contributed by atoms with Crippen LogP contribution in [0.1, 0.15) is 85.0 Å². The van der Waals surface area contributed by atoms with Crippen LogP contribution in [0.15, 0.2) is 51.8 Å². The highest BCUT2D eigenvalue weighted by atomic mass is 15.1. The summed E-state index contributed by atoms with van der Waals surface area (Å²) < 4.78 is 0. The number of rotatable bonds is 8. The molecule has 0 spiro atoms. The van der Waals surface area contributed by atoms with Crippen LogP contribution in [0.5, 0.6) is 0 Å². The Hall–Kier alpha value is -1.77. The van der Waals surface area contributed by atoms with Crippen LogP contribution in [0, 0.1) is 17.8 Å². The summed E-state index contributed by atoms with van der Waals surface area (Å²) in [5.41, 5.74) is 13.0. The second-order valence-corrected chi connectivity index (χ2v) is 10.5. The number of nitrogens with two attached hydrogens (primary N) is 1. The summed E-state index contributed by atoms with van der Waals surface area (Å²) in [7, 11) is 0. The number of allylic oxidation sites excluding steroid dienone is 5. The molecule has 3 rings (SSSR count). The molecule has 0 aromatic rings. The third kappa shape index (κ3) is 7.40. The minimum Gasteiger partial charge on any atom is -0.398 e. The lowest BCUT2D eigenvalue weighted by Crippen LogP contribution is -2.37. The van der Waals surface area contributed by atoms with Crippen molar-refractivity contribution in [3.05, 3.63) is 46.8 Å². The number of hydrogen-bond donors (Lipinski definition) is 1. The van der Waals surface area contributed by atoms with E-state index in [0.29, 0.717) is 0 Å². The lowest BCUT2D eigenvalue weighted by molar-refractivity contribution is 0.174. The molecule has 3 aliphatic rings. The first-order chi connectivity index (χ1) is 14.9. The van der Waals surface area contributed by atoms with Gasteiger partial charge in [-0.3, -0.25) is 4.99 Å². The van der Waals surface area contributed by atoms with Crippen LogP contribution in [0.2, 0.25) is 0 Å². The lowest BCUT2D eigenvalue weighted by Gasteiger charge is -2.37. The molecule has 2 unspecified atom stereocenters. The van der Waals surface area contributed by atoms with Crippen LogP contribution in [-0.4, -0.2) is 30.7 Å². The van der Waals surface area contributed by atoms with Gasteiger partial charge in [0, 0.05) is 43.7 Å². The van der Waals surface area contributed by atoms with E-state index in [1.165, 1.54) is 62.6 Å². The number of piperidine rings is 1. The van der Waals surface area contributed by atoms with Crippen LogP contribution >= 0.6 is 0 Å². The first kappa shape index (κ1) is 23.9. The van der Waals surface area contributed by atoms with Crippen LogP contribution in [0.3, 0.4) is 0 Å². The summed E-state index contributed by atoms with van der Waals surface area (Å²) in [5.74, 6) is 2.40. The minimum atomic E-state index is 0.760. The van der Waals surface area contributed by atoms with E-state index >= 15 is 0 Å². The van der Waals surface area contributed by atoms with Gasteiger partial charge in [0.2, 0.25) is 0 Å².